The SMILES string of the molecule is CC1C2=CCCC=C2C2CC=C(N(c3ccc4c(c3)N(c3ccccc3)C3CC=CC=C43)C3CC=CC4=C3C=CCC4)C=C12. The van der Waals surface area contributed by atoms with Gasteiger partial charge >= 0.3 is 0 Å². The van der Waals surface area contributed by atoms with Gasteiger partial charge in [-0.2, -0.15) is 0 Å². The minimum absolute atomic E-state index is 0.288. The van der Waals surface area contributed by atoms with Crippen LogP contribution in [0.3, 0.4) is 0 Å². The number of rotatable bonds is 4. The number of nitrogens with zero attached hydrogens (tertiary/aromatic N) is 2. The van der Waals surface area contributed by atoms with Crippen molar-refractivity contribution in [3.05, 3.63) is 154 Å². The van der Waals surface area contributed by atoms with Gasteiger partial charge in [-0.15, -0.1) is 0 Å². The molecule has 0 spiro atoms. The highest BCUT2D eigenvalue weighted by Crippen LogP contribution is 2.53. The first kappa shape index (κ1) is 26.1. The topological polar surface area (TPSA) is 6.48 Å². The molecule has 6 aliphatic carbocycles. The van der Waals surface area contributed by atoms with Crippen LogP contribution in [0.2, 0.25) is 0 Å². The van der Waals surface area contributed by atoms with Gasteiger partial charge in [0.25, 0.3) is 0 Å². The van der Waals surface area contributed by atoms with Crippen LogP contribution in [0.15, 0.2) is 149 Å². The normalized spacial score (nSPS) is 27.8. The number of anilines is 3. The van der Waals surface area contributed by atoms with Crippen LogP contribution in [0.5, 0.6) is 0 Å². The standard InChI is InChI=1S/C42H40N2/c1-28-33-16-7-8-18-35(33)36-24-22-31(26-39(28)36)43(40-21-11-13-29-12-5-6-17-34(29)40)32-23-25-38-37-19-9-10-20-41(37)44(42(38)27-32)30-14-3-2-4-15-30/h2-4,6,9-11,13-19,22-23,25-28,36,40-41H,5,7-8,12,20-21,24H2,1H3. The summed E-state index contributed by atoms with van der Waals surface area (Å²) in [6.45, 7) is 2.44. The Kier molecular flexibility index (Phi) is 6.18. The molecular weight excluding hydrogens is 532 g/mol. The van der Waals surface area contributed by atoms with E-state index in [2.05, 4.69) is 132 Å². The van der Waals surface area contributed by atoms with Crippen LogP contribution in [0.25, 0.3) is 5.57 Å². The van der Waals surface area contributed by atoms with Crippen molar-refractivity contribution in [3.63, 3.8) is 0 Å². The number of fused-ring (bicyclic) bond motifs is 6. The van der Waals surface area contributed by atoms with E-state index in [1.165, 1.54) is 57.9 Å². The molecule has 2 nitrogen and oxygen atoms in total. The molecule has 0 saturated heterocycles. The van der Waals surface area contributed by atoms with Crippen LogP contribution < -0.4 is 9.80 Å². The smallest absolute Gasteiger partial charge is 0.0632 e. The summed E-state index contributed by atoms with van der Waals surface area (Å²) in [4.78, 5) is 5.29. The Balaban J connectivity index is 1.19. The van der Waals surface area contributed by atoms with Gasteiger partial charge in [-0.3, -0.25) is 0 Å². The van der Waals surface area contributed by atoms with E-state index >= 15 is 0 Å². The lowest BCUT2D eigenvalue weighted by Gasteiger charge is -2.40. The van der Waals surface area contributed by atoms with Crippen LogP contribution >= 0.6 is 0 Å². The molecular formula is C42H40N2. The average Bonchev–Trinajstić information content (AvgIpc) is 3.57. The molecule has 2 aromatic carbocycles. The van der Waals surface area contributed by atoms with Gasteiger partial charge in [0.15, 0.2) is 0 Å². The first-order valence-electron chi connectivity index (χ1n) is 16.8. The molecule has 0 N–H and O–H groups in total. The number of allylic oxidation sites excluding steroid dienone is 12. The van der Waals surface area contributed by atoms with E-state index in [4.69, 9.17) is 0 Å². The van der Waals surface area contributed by atoms with Gasteiger partial charge in [0, 0.05) is 34.5 Å². The zero-order valence-electron chi connectivity index (χ0n) is 25.6. The largest absolute Gasteiger partial charge is 0.334 e. The minimum Gasteiger partial charge on any atom is -0.334 e. The molecule has 2 heteroatoms. The number of hydrogen-bond donors (Lipinski definition) is 0. The Morgan fingerprint density at radius 3 is 2.59 bits per heavy atom. The maximum Gasteiger partial charge on any atom is 0.0632 e. The first-order chi connectivity index (χ1) is 21.8. The van der Waals surface area contributed by atoms with E-state index in [0.29, 0.717) is 17.9 Å². The zero-order valence-corrected chi connectivity index (χ0v) is 25.6. The molecule has 0 amide bonds. The van der Waals surface area contributed by atoms with Gasteiger partial charge in [-0.1, -0.05) is 97.5 Å². The van der Waals surface area contributed by atoms with Crippen molar-refractivity contribution in [2.24, 2.45) is 11.8 Å². The second-order valence-electron chi connectivity index (χ2n) is 13.3. The van der Waals surface area contributed by atoms with E-state index in [1.54, 1.807) is 16.7 Å². The summed E-state index contributed by atoms with van der Waals surface area (Å²) in [5, 5.41) is 0. The third-order valence-corrected chi connectivity index (χ3v) is 11.0. The molecule has 0 aromatic heterocycles. The van der Waals surface area contributed by atoms with Crippen molar-refractivity contribution in [2.75, 3.05) is 9.80 Å². The monoisotopic (exact) mass is 572 g/mol. The molecule has 4 unspecified atom stereocenters. The van der Waals surface area contributed by atoms with Crippen molar-refractivity contribution >= 4 is 22.6 Å². The molecule has 4 atom stereocenters. The number of hydrogen-bond acceptors (Lipinski definition) is 2. The van der Waals surface area contributed by atoms with E-state index < -0.39 is 0 Å². The van der Waals surface area contributed by atoms with Gasteiger partial charge in [0.05, 0.1) is 17.8 Å². The van der Waals surface area contributed by atoms with Gasteiger partial charge in [0.1, 0.15) is 0 Å². The second-order valence-corrected chi connectivity index (χ2v) is 13.3. The lowest BCUT2D eigenvalue weighted by Crippen LogP contribution is -2.38. The van der Waals surface area contributed by atoms with Crippen molar-refractivity contribution in [3.8, 4) is 0 Å². The lowest BCUT2D eigenvalue weighted by molar-refractivity contribution is 0.674. The summed E-state index contributed by atoms with van der Waals surface area (Å²) < 4.78 is 0. The average molecular weight is 573 g/mol. The molecule has 1 heterocycles. The van der Waals surface area contributed by atoms with E-state index in [-0.39, 0.29) is 6.04 Å². The highest BCUT2D eigenvalue weighted by molar-refractivity contribution is 5.95. The van der Waals surface area contributed by atoms with E-state index in [9.17, 15) is 0 Å². The maximum atomic E-state index is 2.70. The van der Waals surface area contributed by atoms with Gasteiger partial charge in [-0.25, -0.2) is 0 Å². The van der Waals surface area contributed by atoms with Crippen molar-refractivity contribution in [1.82, 2.24) is 0 Å². The number of para-hydroxylation sites is 1. The molecule has 218 valence electrons. The second kappa shape index (κ2) is 10.4. The fourth-order valence-electron chi connectivity index (χ4n) is 9.01. The van der Waals surface area contributed by atoms with Crippen molar-refractivity contribution in [1.29, 1.82) is 0 Å². The van der Waals surface area contributed by atoms with Gasteiger partial charge in [-0.05, 0) is 103 Å². The Labute approximate surface area is 262 Å². The molecule has 0 bridgehead atoms. The number of benzene rings is 2. The molecule has 2 aromatic rings. The fourth-order valence-corrected chi connectivity index (χ4v) is 9.01. The van der Waals surface area contributed by atoms with E-state index in [0.717, 1.165) is 32.1 Å². The van der Waals surface area contributed by atoms with E-state index in [1.807, 2.05) is 0 Å². The Hall–Kier alpha value is -4.30. The summed E-state index contributed by atoms with van der Waals surface area (Å²) in [6, 6.07) is 18.9. The molecule has 1 saturated carbocycles. The molecule has 0 radical (unpaired) electrons. The highest BCUT2D eigenvalue weighted by Gasteiger charge is 2.40. The van der Waals surface area contributed by atoms with Crippen molar-refractivity contribution in [2.45, 2.75) is 64.0 Å². The summed E-state index contributed by atoms with van der Waals surface area (Å²) in [5.41, 5.74) is 15.9. The predicted molar refractivity (Wildman–Crippen MR) is 185 cm³/mol. The van der Waals surface area contributed by atoms with Crippen molar-refractivity contribution < 1.29 is 0 Å². The highest BCUT2D eigenvalue weighted by atomic mass is 15.2. The zero-order chi connectivity index (χ0) is 29.2. The summed E-state index contributed by atoms with van der Waals surface area (Å²) in [7, 11) is 0. The summed E-state index contributed by atoms with van der Waals surface area (Å²) in [5.74, 6) is 1.05. The minimum atomic E-state index is 0.288. The summed E-state index contributed by atoms with van der Waals surface area (Å²) >= 11 is 0. The maximum absolute atomic E-state index is 2.70. The van der Waals surface area contributed by atoms with Crippen LogP contribution in [0, 0.1) is 11.8 Å². The molecule has 1 aliphatic heterocycles. The van der Waals surface area contributed by atoms with Crippen LogP contribution in [-0.2, 0) is 0 Å². The van der Waals surface area contributed by atoms with Crippen LogP contribution in [0.1, 0.15) is 57.4 Å². The Morgan fingerprint density at radius 1 is 0.795 bits per heavy atom. The third kappa shape index (κ3) is 4.00. The molecule has 9 rings (SSSR count). The third-order valence-electron chi connectivity index (χ3n) is 11.0. The lowest BCUT2D eigenvalue weighted by atomic mass is 9.84. The fraction of sp³-hybridized carbons (Fsp3) is 0.286. The molecule has 1 fully saturated rings. The first-order valence-corrected chi connectivity index (χ1v) is 16.8. The Morgan fingerprint density at radius 2 is 1.68 bits per heavy atom. The molecule has 44 heavy (non-hydrogen) atoms. The summed E-state index contributed by atoms with van der Waals surface area (Å²) in [6.07, 6.45) is 34.5. The Bertz CT molecular complexity index is 1820. The predicted octanol–water partition coefficient (Wildman–Crippen LogP) is 10.5. The quantitative estimate of drug-likeness (QED) is 0.360. The van der Waals surface area contributed by atoms with Crippen LogP contribution in [-0.4, -0.2) is 12.1 Å². The van der Waals surface area contributed by atoms with Gasteiger partial charge < -0.3 is 9.80 Å². The van der Waals surface area contributed by atoms with Gasteiger partial charge in [0.2, 0.25) is 0 Å². The van der Waals surface area contributed by atoms with Crippen LogP contribution in [0.4, 0.5) is 17.1 Å². The molecule has 7 aliphatic rings.